The van der Waals surface area contributed by atoms with Crippen molar-refractivity contribution in [2.24, 2.45) is 0 Å². The maximum Gasteiger partial charge on any atom is 0.220 e. The lowest BCUT2D eigenvalue weighted by Gasteiger charge is -2.35. The third-order valence-corrected chi connectivity index (χ3v) is 5.04. The van der Waals surface area contributed by atoms with Crippen molar-refractivity contribution in [2.45, 2.75) is 76.8 Å². The number of hydrogen-bond acceptors (Lipinski definition) is 4. The van der Waals surface area contributed by atoms with E-state index in [2.05, 4.69) is 36.0 Å². The molecule has 3 rings (SSSR count). The lowest BCUT2D eigenvalue weighted by atomic mass is 9.94. The van der Waals surface area contributed by atoms with E-state index in [1.54, 1.807) is 6.20 Å². The molecule has 5 nitrogen and oxygen atoms in total. The van der Waals surface area contributed by atoms with Gasteiger partial charge in [-0.1, -0.05) is 20.8 Å². The SMILES string of the molecule is CC(C)(C)c1cnc(CCC(=O)N[C@H]2CCN3CCC[C@@H]3C2)o1. The highest BCUT2D eigenvalue weighted by molar-refractivity contribution is 5.76. The summed E-state index contributed by atoms with van der Waals surface area (Å²) in [6.07, 6.45) is 7.60. The Hall–Kier alpha value is -1.36. The van der Waals surface area contributed by atoms with E-state index in [-0.39, 0.29) is 11.3 Å². The van der Waals surface area contributed by atoms with Crippen LogP contribution in [0, 0.1) is 0 Å². The van der Waals surface area contributed by atoms with Crippen molar-refractivity contribution in [3.05, 3.63) is 17.8 Å². The normalized spacial score (nSPS) is 25.3. The van der Waals surface area contributed by atoms with Gasteiger partial charge in [0.2, 0.25) is 5.91 Å². The van der Waals surface area contributed by atoms with Crippen LogP contribution in [0.5, 0.6) is 0 Å². The summed E-state index contributed by atoms with van der Waals surface area (Å²) in [5.41, 5.74) is -0.0389. The van der Waals surface area contributed by atoms with E-state index in [4.69, 9.17) is 4.42 Å². The van der Waals surface area contributed by atoms with Gasteiger partial charge in [-0.25, -0.2) is 4.98 Å². The van der Waals surface area contributed by atoms with Gasteiger partial charge in [0.05, 0.1) is 6.20 Å². The molecule has 2 aliphatic rings. The highest BCUT2D eigenvalue weighted by Gasteiger charge is 2.32. The maximum absolute atomic E-state index is 12.2. The molecule has 23 heavy (non-hydrogen) atoms. The molecule has 2 aliphatic heterocycles. The molecule has 0 spiro atoms. The summed E-state index contributed by atoms with van der Waals surface area (Å²) >= 11 is 0. The summed E-state index contributed by atoms with van der Waals surface area (Å²) < 4.78 is 5.75. The van der Waals surface area contributed by atoms with Crippen molar-refractivity contribution in [2.75, 3.05) is 13.1 Å². The summed E-state index contributed by atoms with van der Waals surface area (Å²) in [6, 6.07) is 1.03. The van der Waals surface area contributed by atoms with Crippen molar-refractivity contribution in [1.82, 2.24) is 15.2 Å². The fourth-order valence-electron chi connectivity index (χ4n) is 3.65. The molecule has 1 amide bonds. The molecule has 2 fully saturated rings. The highest BCUT2D eigenvalue weighted by atomic mass is 16.4. The average Bonchev–Trinajstić information content (AvgIpc) is 3.13. The molecule has 1 aromatic heterocycles. The number of carbonyl (C=O) groups excluding carboxylic acids is 1. The molecule has 5 heteroatoms. The Bertz CT molecular complexity index is 547. The largest absolute Gasteiger partial charge is 0.445 e. The number of amides is 1. The number of aryl methyl sites for hydroxylation is 1. The Morgan fingerprint density at radius 1 is 1.39 bits per heavy atom. The maximum atomic E-state index is 12.2. The van der Waals surface area contributed by atoms with Crippen LogP contribution in [0.3, 0.4) is 0 Å². The number of oxazole rings is 1. The summed E-state index contributed by atoms with van der Waals surface area (Å²) in [4.78, 5) is 19.1. The summed E-state index contributed by atoms with van der Waals surface area (Å²) in [5.74, 6) is 1.66. The van der Waals surface area contributed by atoms with Crippen LogP contribution in [0.15, 0.2) is 10.6 Å². The first-order valence-electron chi connectivity index (χ1n) is 8.90. The molecule has 128 valence electrons. The second-order valence-corrected chi connectivity index (χ2v) is 7.99. The third kappa shape index (κ3) is 4.14. The van der Waals surface area contributed by atoms with Gasteiger partial charge in [-0.3, -0.25) is 4.79 Å². The zero-order valence-electron chi connectivity index (χ0n) is 14.6. The van der Waals surface area contributed by atoms with Gasteiger partial charge in [-0.2, -0.15) is 0 Å². The molecule has 1 N–H and O–H groups in total. The highest BCUT2D eigenvalue weighted by Crippen LogP contribution is 2.27. The second kappa shape index (κ2) is 6.63. The monoisotopic (exact) mass is 319 g/mol. The molecule has 2 atom stereocenters. The predicted molar refractivity (Wildman–Crippen MR) is 89.3 cm³/mol. The van der Waals surface area contributed by atoms with E-state index >= 15 is 0 Å². The van der Waals surface area contributed by atoms with Crippen LogP contribution >= 0.6 is 0 Å². The lowest BCUT2D eigenvalue weighted by molar-refractivity contribution is -0.122. The number of carbonyl (C=O) groups is 1. The van der Waals surface area contributed by atoms with E-state index in [0.29, 0.717) is 30.8 Å². The molecular formula is C18H29N3O2. The van der Waals surface area contributed by atoms with E-state index in [9.17, 15) is 4.79 Å². The molecular weight excluding hydrogens is 290 g/mol. The van der Waals surface area contributed by atoms with E-state index in [1.165, 1.54) is 19.4 Å². The number of rotatable bonds is 4. The van der Waals surface area contributed by atoms with Crippen molar-refractivity contribution >= 4 is 5.91 Å². The minimum absolute atomic E-state index is 0.0389. The molecule has 0 aliphatic carbocycles. The number of nitrogens with zero attached hydrogens (tertiary/aromatic N) is 2. The Morgan fingerprint density at radius 3 is 2.96 bits per heavy atom. The van der Waals surface area contributed by atoms with E-state index in [0.717, 1.165) is 25.1 Å². The van der Waals surface area contributed by atoms with Crippen LogP contribution in [0.2, 0.25) is 0 Å². The van der Waals surface area contributed by atoms with Crippen LogP contribution in [0.25, 0.3) is 0 Å². The van der Waals surface area contributed by atoms with Gasteiger partial charge in [0, 0.05) is 36.9 Å². The molecule has 0 bridgehead atoms. The molecule has 3 heterocycles. The van der Waals surface area contributed by atoms with Crippen LogP contribution in [0.4, 0.5) is 0 Å². The Balaban J connectivity index is 1.44. The number of nitrogens with one attached hydrogen (secondary N) is 1. The smallest absolute Gasteiger partial charge is 0.220 e. The fraction of sp³-hybridized carbons (Fsp3) is 0.778. The standard InChI is InChI=1S/C18H29N3O2/c1-18(2,3)15-12-19-17(23-15)7-6-16(22)20-13-8-10-21-9-4-5-14(21)11-13/h12-14H,4-11H2,1-3H3,(H,20,22)/t13-,14+/m0/s1. The zero-order chi connectivity index (χ0) is 16.4. The van der Waals surface area contributed by atoms with Gasteiger partial charge in [-0.15, -0.1) is 0 Å². The van der Waals surface area contributed by atoms with Crippen molar-refractivity contribution < 1.29 is 9.21 Å². The molecule has 2 saturated heterocycles. The molecule has 0 radical (unpaired) electrons. The van der Waals surface area contributed by atoms with Gasteiger partial charge < -0.3 is 14.6 Å². The first-order valence-corrected chi connectivity index (χ1v) is 8.90. The van der Waals surface area contributed by atoms with Gasteiger partial charge in [0.25, 0.3) is 0 Å². The summed E-state index contributed by atoms with van der Waals surface area (Å²) in [5, 5.41) is 3.20. The fourth-order valence-corrected chi connectivity index (χ4v) is 3.65. The topological polar surface area (TPSA) is 58.4 Å². The minimum Gasteiger partial charge on any atom is -0.445 e. The van der Waals surface area contributed by atoms with Crippen molar-refractivity contribution in [3.63, 3.8) is 0 Å². The van der Waals surface area contributed by atoms with Crippen molar-refractivity contribution in [1.29, 1.82) is 0 Å². The number of aromatic nitrogens is 1. The van der Waals surface area contributed by atoms with Crippen LogP contribution in [-0.4, -0.2) is 41.0 Å². The minimum atomic E-state index is -0.0389. The second-order valence-electron chi connectivity index (χ2n) is 7.99. The quantitative estimate of drug-likeness (QED) is 0.927. The van der Waals surface area contributed by atoms with E-state index < -0.39 is 0 Å². The summed E-state index contributed by atoms with van der Waals surface area (Å²) in [6.45, 7) is 8.66. The van der Waals surface area contributed by atoms with Crippen molar-refractivity contribution in [3.8, 4) is 0 Å². The van der Waals surface area contributed by atoms with Gasteiger partial charge in [0.1, 0.15) is 5.76 Å². The number of fused-ring (bicyclic) bond motifs is 1. The van der Waals surface area contributed by atoms with Gasteiger partial charge >= 0.3 is 0 Å². The van der Waals surface area contributed by atoms with Gasteiger partial charge in [0.15, 0.2) is 5.89 Å². The Kier molecular flexibility index (Phi) is 4.76. The average molecular weight is 319 g/mol. The number of piperidine rings is 1. The first-order chi connectivity index (χ1) is 10.9. The molecule has 0 aromatic carbocycles. The van der Waals surface area contributed by atoms with Crippen LogP contribution in [-0.2, 0) is 16.6 Å². The Morgan fingerprint density at radius 2 is 2.22 bits per heavy atom. The molecule has 0 saturated carbocycles. The molecule has 0 unspecified atom stereocenters. The summed E-state index contributed by atoms with van der Waals surface area (Å²) in [7, 11) is 0. The van der Waals surface area contributed by atoms with E-state index in [1.807, 2.05) is 0 Å². The first kappa shape index (κ1) is 16.5. The van der Waals surface area contributed by atoms with Crippen LogP contribution < -0.4 is 5.32 Å². The predicted octanol–water partition coefficient (Wildman–Crippen LogP) is 2.65. The zero-order valence-corrected chi connectivity index (χ0v) is 14.6. The van der Waals surface area contributed by atoms with Gasteiger partial charge in [-0.05, 0) is 32.2 Å². The Labute approximate surface area is 138 Å². The molecule has 1 aromatic rings. The lowest BCUT2D eigenvalue weighted by Crippen LogP contribution is -2.47. The number of hydrogen-bond donors (Lipinski definition) is 1. The van der Waals surface area contributed by atoms with Crippen LogP contribution in [0.1, 0.15) is 64.5 Å². The third-order valence-electron chi connectivity index (χ3n) is 5.04.